The predicted octanol–water partition coefficient (Wildman–Crippen LogP) is 5.86. The maximum atomic E-state index is 13.2. The van der Waals surface area contributed by atoms with Crippen LogP contribution in [0.2, 0.25) is 0 Å². The van der Waals surface area contributed by atoms with E-state index in [2.05, 4.69) is 77.7 Å². The molecule has 1 N–H and O–H groups in total. The number of hydrogen-bond donors (Lipinski definition) is 1. The van der Waals surface area contributed by atoms with Crippen molar-refractivity contribution in [3.05, 3.63) is 138 Å². The second-order valence-corrected chi connectivity index (χ2v) is 9.77. The maximum Gasteiger partial charge on any atom is 0.229 e. The Hall–Kier alpha value is -3.73. The first kappa shape index (κ1) is 24.9. The minimum atomic E-state index is -0.795. The Labute approximate surface area is 219 Å². The largest absolute Gasteiger partial charge is 0.391 e. The van der Waals surface area contributed by atoms with Gasteiger partial charge < -0.3 is 10.0 Å². The van der Waals surface area contributed by atoms with Gasteiger partial charge in [0.05, 0.1) is 18.1 Å². The average molecular weight is 491 g/mol. The molecular formula is C33H34N2O2. The lowest BCUT2D eigenvalue weighted by atomic mass is 9.75. The van der Waals surface area contributed by atoms with Gasteiger partial charge in [-0.3, -0.25) is 9.69 Å². The number of anilines is 1. The number of hydrogen-bond acceptors (Lipinski definition) is 3. The van der Waals surface area contributed by atoms with Crippen molar-refractivity contribution in [2.24, 2.45) is 0 Å². The van der Waals surface area contributed by atoms with Crippen molar-refractivity contribution in [3.63, 3.8) is 0 Å². The molecule has 0 bridgehead atoms. The molecule has 4 aromatic carbocycles. The van der Waals surface area contributed by atoms with Crippen LogP contribution in [-0.2, 0) is 10.3 Å². The summed E-state index contributed by atoms with van der Waals surface area (Å²) in [5.41, 5.74) is 3.69. The molecule has 4 heteroatoms. The van der Waals surface area contributed by atoms with E-state index in [1.165, 1.54) is 0 Å². The Bertz CT molecular complexity index is 1180. The van der Waals surface area contributed by atoms with Crippen LogP contribution >= 0.6 is 0 Å². The van der Waals surface area contributed by atoms with E-state index in [9.17, 15) is 9.90 Å². The van der Waals surface area contributed by atoms with Crippen molar-refractivity contribution in [1.82, 2.24) is 4.90 Å². The Kier molecular flexibility index (Phi) is 7.50. The normalized spacial score (nSPS) is 16.9. The van der Waals surface area contributed by atoms with Gasteiger partial charge in [0.15, 0.2) is 0 Å². The fourth-order valence-electron chi connectivity index (χ4n) is 5.89. The van der Waals surface area contributed by atoms with Crippen molar-refractivity contribution < 1.29 is 9.90 Å². The molecule has 0 unspecified atom stereocenters. The molecule has 1 heterocycles. The van der Waals surface area contributed by atoms with Crippen molar-refractivity contribution in [2.75, 3.05) is 18.5 Å². The lowest BCUT2D eigenvalue weighted by Gasteiger charge is -2.47. The average Bonchev–Trinajstić information content (AvgIpc) is 3.46. The van der Waals surface area contributed by atoms with Crippen LogP contribution in [-0.4, -0.2) is 41.7 Å². The quantitative estimate of drug-likeness (QED) is 0.315. The van der Waals surface area contributed by atoms with Crippen LogP contribution in [0.1, 0.15) is 36.0 Å². The first-order valence-corrected chi connectivity index (χ1v) is 13.1. The van der Waals surface area contributed by atoms with Crippen LogP contribution in [0.3, 0.4) is 0 Å². The molecule has 1 aliphatic rings. The first-order chi connectivity index (χ1) is 18.1. The van der Waals surface area contributed by atoms with E-state index in [1.807, 2.05) is 48.5 Å². The van der Waals surface area contributed by atoms with E-state index in [0.29, 0.717) is 0 Å². The van der Waals surface area contributed by atoms with Crippen LogP contribution in [0, 0.1) is 0 Å². The fourth-order valence-corrected chi connectivity index (χ4v) is 5.89. The molecule has 188 valence electrons. The van der Waals surface area contributed by atoms with Gasteiger partial charge in [-0.2, -0.15) is 0 Å². The summed E-state index contributed by atoms with van der Waals surface area (Å²) < 4.78 is 0. The van der Waals surface area contributed by atoms with Gasteiger partial charge in [0.2, 0.25) is 5.91 Å². The first-order valence-electron chi connectivity index (χ1n) is 13.1. The van der Waals surface area contributed by atoms with Crippen LogP contribution in [0.5, 0.6) is 0 Å². The molecule has 1 fully saturated rings. The lowest BCUT2D eigenvalue weighted by molar-refractivity contribution is -0.121. The summed E-state index contributed by atoms with van der Waals surface area (Å²) >= 11 is 0. The summed E-state index contributed by atoms with van der Waals surface area (Å²) in [6.07, 6.45) is 1.06. The summed E-state index contributed by atoms with van der Waals surface area (Å²) in [4.78, 5) is 17.3. The Balaban J connectivity index is 1.56. The third kappa shape index (κ3) is 4.83. The van der Waals surface area contributed by atoms with Gasteiger partial charge in [-0.1, -0.05) is 109 Å². The smallest absolute Gasteiger partial charge is 0.229 e. The number of amides is 1. The summed E-state index contributed by atoms with van der Waals surface area (Å²) in [6, 6.07) is 41.1. The zero-order valence-electron chi connectivity index (χ0n) is 21.3. The van der Waals surface area contributed by atoms with E-state index in [0.717, 1.165) is 41.8 Å². The fraction of sp³-hybridized carbons (Fsp3) is 0.242. The van der Waals surface area contributed by atoms with E-state index < -0.39 is 11.6 Å². The number of carbonyl (C=O) groups excluding carboxylic acids is 1. The molecule has 0 aromatic heterocycles. The van der Waals surface area contributed by atoms with E-state index in [-0.39, 0.29) is 18.4 Å². The molecule has 5 rings (SSSR count). The van der Waals surface area contributed by atoms with Crippen LogP contribution in [0.15, 0.2) is 121 Å². The molecule has 1 amide bonds. The molecule has 4 nitrogen and oxygen atoms in total. The monoisotopic (exact) mass is 490 g/mol. The van der Waals surface area contributed by atoms with Gasteiger partial charge in [0, 0.05) is 25.3 Å². The minimum absolute atomic E-state index is 0.0704. The molecule has 37 heavy (non-hydrogen) atoms. The number of carbonyl (C=O) groups is 1. The van der Waals surface area contributed by atoms with Gasteiger partial charge in [-0.25, -0.2) is 0 Å². The van der Waals surface area contributed by atoms with Crippen molar-refractivity contribution in [3.8, 4) is 0 Å². The van der Waals surface area contributed by atoms with Crippen molar-refractivity contribution in [2.45, 2.75) is 36.9 Å². The highest BCUT2D eigenvalue weighted by atomic mass is 16.3. The highest BCUT2D eigenvalue weighted by Gasteiger charge is 2.48. The zero-order valence-corrected chi connectivity index (χ0v) is 21.3. The number of nitrogens with zero attached hydrogens (tertiary/aromatic N) is 2. The second-order valence-electron chi connectivity index (χ2n) is 9.77. The molecule has 1 aliphatic heterocycles. The predicted molar refractivity (Wildman–Crippen MR) is 149 cm³/mol. The van der Waals surface area contributed by atoms with Gasteiger partial charge in [-0.05, 0) is 41.7 Å². The minimum Gasteiger partial charge on any atom is -0.391 e. The van der Waals surface area contributed by atoms with Gasteiger partial charge in [-0.15, -0.1) is 0 Å². The number of rotatable bonds is 8. The van der Waals surface area contributed by atoms with E-state index in [4.69, 9.17) is 0 Å². The second kappa shape index (κ2) is 11.1. The van der Waals surface area contributed by atoms with Crippen LogP contribution in [0.4, 0.5) is 5.69 Å². The van der Waals surface area contributed by atoms with Crippen molar-refractivity contribution in [1.29, 1.82) is 0 Å². The topological polar surface area (TPSA) is 43.8 Å². The lowest BCUT2D eigenvalue weighted by Crippen LogP contribution is -2.54. The summed E-state index contributed by atoms with van der Waals surface area (Å²) in [7, 11) is 1.78. The molecule has 0 radical (unpaired) electrons. The molecule has 0 spiro atoms. The molecule has 0 aliphatic carbocycles. The summed E-state index contributed by atoms with van der Waals surface area (Å²) in [5.74, 6) is -0.0877. The number of para-hydroxylation sites is 1. The molecule has 2 atom stereocenters. The van der Waals surface area contributed by atoms with Crippen LogP contribution in [0.25, 0.3) is 0 Å². The molecule has 0 saturated carbocycles. The number of aliphatic hydroxyl groups excluding tert-OH is 1. The summed E-state index contributed by atoms with van der Waals surface area (Å²) in [6.45, 7) is 0.823. The number of aliphatic hydroxyl groups is 1. The van der Waals surface area contributed by atoms with Crippen LogP contribution < -0.4 is 4.90 Å². The molecular weight excluding hydrogens is 456 g/mol. The third-order valence-corrected chi connectivity index (χ3v) is 7.65. The van der Waals surface area contributed by atoms with Gasteiger partial charge in [0.1, 0.15) is 0 Å². The van der Waals surface area contributed by atoms with E-state index in [1.54, 1.807) is 11.9 Å². The van der Waals surface area contributed by atoms with E-state index >= 15 is 0 Å². The maximum absolute atomic E-state index is 13.2. The Morgan fingerprint density at radius 2 is 1.24 bits per heavy atom. The number of benzene rings is 4. The highest BCUT2D eigenvalue weighted by Crippen LogP contribution is 2.46. The highest BCUT2D eigenvalue weighted by molar-refractivity contribution is 5.93. The van der Waals surface area contributed by atoms with Gasteiger partial charge >= 0.3 is 0 Å². The molecule has 1 saturated heterocycles. The van der Waals surface area contributed by atoms with Gasteiger partial charge in [0.25, 0.3) is 0 Å². The Morgan fingerprint density at radius 1 is 0.811 bits per heavy atom. The SMILES string of the molecule is CN(C(=O)C[C@H](O)[C@H]1CCCN1C(c1ccccc1)(c1ccccc1)c1ccccc1)c1ccccc1. The standard InChI is InChI=1S/C33H34N2O2/c1-34(29-21-12-5-13-22-29)32(37)25-31(36)30-23-14-24-35(30)33(26-15-6-2-7-16-26,27-17-8-3-9-18-27)28-19-10-4-11-20-28/h2-13,15-22,30-31,36H,14,23-25H2,1H3/t30-,31+/m1/s1. The zero-order chi connectivity index (χ0) is 25.7. The Morgan fingerprint density at radius 3 is 1.70 bits per heavy atom. The third-order valence-electron chi connectivity index (χ3n) is 7.65. The van der Waals surface area contributed by atoms with Crippen molar-refractivity contribution >= 4 is 11.6 Å². The summed E-state index contributed by atoms with van der Waals surface area (Å²) in [5, 5.41) is 11.6. The number of likely N-dealkylation sites (tertiary alicyclic amines) is 1. The molecule has 4 aromatic rings.